The van der Waals surface area contributed by atoms with Crippen LogP contribution in [0.1, 0.15) is 41.6 Å². The molecule has 1 aliphatic rings. The van der Waals surface area contributed by atoms with Gasteiger partial charge in [-0.3, -0.25) is 9.78 Å². The highest BCUT2D eigenvalue weighted by Crippen LogP contribution is 2.17. The molecule has 18 heavy (non-hydrogen) atoms. The lowest BCUT2D eigenvalue weighted by Crippen LogP contribution is -2.49. The second-order valence-corrected chi connectivity index (χ2v) is 4.78. The van der Waals surface area contributed by atoms with Crippen LogP contribution in [0.15, 0.2) is 18.5 Å². The van der Waals surface area contributed by atoms with Crippen LogP contribution in [0.5, 0.6) is 0 Å². The van der Waals surface area contributed by atoms with E-state index in [9.17, 15) is 4.79 Å². The Balaban J connectivity index is 0.00000162. The minimum atomic E-state index is -0.0662. The van der Waals surface area contributed by atoms with Gasteiger partial charge in [-0.15, -0.1) is 12.4 Å². The predicted molar refractivity (Wildman–Crippen MR) is 73.9 cm³/mol. The summed E-state index contributed by atoms with van der Waals surface area (Å²) in [5.41, 5.74) is 7.61. The first kappa shape index (κ1) is 14.9. The number of nitrogens with zero attached hydrogens (tertiary/aromatic N) is 1. The molecule has 1 aromatic rings. The summed E-state index contributed by atoms with van der Waals surface area (Å²) >= 11 is 0. The molecule has 1 fully saturated rings. The zero-order valence-electron chi connectivity index (χ0n) is 10.6. The van der Waals surface area contributed by atoms with E-state index in [-0.39, 0.29) is 30.4 Å². The van der Waals surface area contributed by atoms with Gasteiger partial charge in [-0.05, 0) is 31.4 Å². The van der Waals surface area contributed by atoms with Crippen molar-refractivity contribution in [2.45, 2.75) is 44.7 Å². The van der Waals surface area contributed by atoms with Crippen molar-refractivity contribution in [1.82, 2.24) is 10.3 Å². The van der Waals surface area contributed by atoms with Crippen LogP contribution >= 0.6 is 12.4 Å². The van der Waals surface area contributed by atoms with Crippen molar-refractivity contribution in [3.63, 3.8) is 0 Å². The molecule has 100 valence electrons. The lowest BCUT2D eigenvalue weighted by atomic mass is 9.91. The molecule has 1 amide bonds. The molecule has 0 bridgehead atoms. The molecule has 1 saturated carbocycles. The van der Waals surface area contributed by atoms with Gasteiger partial charge in [0, 0.05) is 24.5 Å². The van der Waals surface area contributed by atoms with Crippen molar-refractivity contribution in [1.29, 1.82) is 0 Å². The predicted octanol–water partition coefficient (Wildman–Crippen LogP) is 1.81. The van der Waals surface area contributed by atoms with E-state index in [1.165, 1.54) is 6.42 Å². The summed E-state index contributed by atoms with van der Waals surface area (Å²) in [6.45, 7) is 1.93. The van der Waals surface area contributed by atoms with Crippen molar-refractivity contribution in [3.05, 3.63) is 29.6 Å². The fraction of sp³-hybridized carbons (Fsp3) is 0.538. The number of hydrogen-bond acceptors (Lipinski definition) is 3. The van der Waals surface area contributed by atoms with Crippen molar-refractivity contribution in [2.24, 2.45) is 5.73 Å². The lowest BCUT2D eigenvalue weighted by molar-refractivity contribution is 0.0921. The maximum atomic E-state index is 12.0. The first-order valence-corrected chi connectivity index (χ1v) is 6.15. The van der Waals surface area contributed by atoms with Crippen LogP contribution in [0.3, 0.4) is 0 Å². The van der Waals surface area contributed by atoms with Crippen LogP contribution in [0.2, 0.25) is 0 Å². The van der Waals surface area contributed by atoms with E-state index in [2.05, 4.69) is 10.3 Å². The fourth-order valence-electron chi connectivity index (χ4n) is 2.27. The molecule has 1 heterocycles. The molecular weight excluding hydrogens is 250 g/mol. The largest absolute Gasteiger partial charge is 0.348 e. The smallest absolute Gasteiger partial charge is 0.253 e. The van der Waals surface area contributed by atoms with Crippen LogP contribution in [0, 0.1) is 6.92 Å². The Morgan fingerprint density at radius 1 is 1.39 bits per heavy atom. The zero-order chi connectivity index (χ0) is 12.3. The number of aromatic nitrogens is 1. The normalized spacial score (nSPS) is 23.0. The second kappa shape index (κ2) is 6.71. The summed E-state index contributed by atoms with van der Waals surface area (Å²) in [5.74, 6) is -0.0662. The van der Waals surface area contributed by atoms with Gasteiger partial charge in [0.25, 0.3) is 5.91 Å². The first-order valence-electron chi connectivity index (χ1n) is 6.15. The number of hydrogen-bond donors (Lipinski definition) is 2. The molecule has 1 aromatic heterocycles. The van der Waals surface area contributed by atoms with Crippen molar-refractivity contribution >= 4 is 18.3 Å². The molecule has 2 rings (SSSR count). The molecule has 0 spiro atoms. The average Bonchev–Trinajstić information content (AvgIpc) is 2.32. The highest BCUT2D eigenvalue weighted by molar-refractivity contribution is 5.94. The van der Waals surface area contributed by atoms with E-state index in [1.807, 2.05) is 13.0 Å². The summed E-state index contributed by atoms with van der Waals surface area (Å²) in [7, 11) is 0. The summed E-state index contributed by atoms with van der Waals surface area (Å²) in [6.07, 6.45) is 7.62. The van der Waals surface area contributed by atoms with E-state index < -0.39 is 0 Å². The number of carbonyl (C=O) groups excluding carboxylic acids is 1. The first-order chi connectivity index (χ1) is 8.16. The topological polar surface area (TPSA) is 68.0 Å². The highest BCUT2D eigenvalue weighted by atomic mass is 35.5. The number of carbonyl (C=O) groups is 1. The average molecular weight is 270 g/mol. The van der Waals surface area contributed by atoms with Gasteiger partial charge in [0.1, 0.15) is 0 Å². The summed E-state index contributed by atoms with van der Waals surface area (Å²) in [5, 5.41) is 3.01. The van der Waals surface area contributed by atoms with Gasteiger partial charge >= 0.3 is 0 Å². The number of rotatable bonds is 2. The van der Waals surface area contributed by atoms with Crippen LogP contribution in [-0.2, 0) is 0 Å². The zero-order valence-corrected chi connectivity index (χ0v) is 11.4. The molecule has 3 N–H and O–H groups in total. The number of pyridine rings is 1. The molecule has 0 aromatic carbocycles. The van der Waals surface area contributed by atoms with E-state index in [0.717, 1.165) is 24.8 Å². The monoisotopic (exact) mass is 269 g/mol. The minimum absolute atomic E-state index is 0. The van der Waals surface area contributed by atoms with Gasteiger partial charge in [0.15, 0.2) is 0 Å². The van der Waals surface area contributed by atoms with E-state index >= 15 is 0 Å². The highest BCUT2D eigenvalue weighted by Gasteiger charge is 2.23. The second-order valence-electron chi connectivity index (χ2n) is 4.78. The number of nitrogens with two attached hydrogens (primary N) is 1. The van der Waals surface area contributed by atoms with Gasteiger partial charge in [-0.25, -0.2) is 0 Å². The SMILES string of the molecule is Cc1cncc(C(=O)N[C@@H]2CCCC[C@H]2N)c1.Cl. The van der Waals surface area contributed by atoms with E-state index in [1.54, 1.807) is 12.4 Å². The van der Waals surface area contributed by atoms with Crippen LogP contribution < -0.4 is 11.1 Å². The number of aryl methyl sites for hydroxylation is 1. The molecule has 0 radical (unpaired) electrons. The Bertz CT molecular complexity index is 411. The maximum absolute atomic E-state index is 12.0. The van der Waals surface area contributed by atoms with Gasteiger partial charge < -0.3 is 11.1 Å². The van der Waals surface area contributed by atoms with E-state index in [0.29, 0.717) is 5.56 Å². The summed E-state index contributed by atoms with van der Waals surface area (Å²) < 4.78 is 0. The van der Waals surface area contributed by atoms with Crippen molar-refractivity contribution in [2.75, 3.05) is 0 Å². The fourth-order valence-corrected chi connectivity index (χ4v) is 2.27. The summed E-state index contributed by atoms with van der Waals surface area (Å²) in [4.78, 5) is 16.0. The number of halogens is 1. The Hall–Kier alpha value is -1.13. The molecule has 0 aliphatic heterocycles. The summed E-state index contributed by atoms with van der Waals surface area (Å²) in [6, 6.07) is 2.04. The molecular formula is C13H20ClN3O. The third-order valence-electron chi connectivity index (χ3n) is 3.27. The number of nitrogens with one attached hydrogen (secondary N) is 1. The standard InChI is InChI=1S/C13H19N3O.ClH/c1-9-6-10(8-15-7-9)13(17)16-12-5-3-2-4-11(12)14;/h6-8,11-12H,2-5,14H2,1H3,(H,16,17);1H/t11-,12-;/m1./s1. The van der Waals surface area contributed by atoms with Gasteiger partial charge in [0.05, 0.1) is 5.56 Å². The molecule has 4 nitrogen and oxygen atoms in total. The van der Waals surface area contributed by atoms with Gasteiger partial charge in [-0.2, -0.15) is 0 Å². The Kier molecular flexibility index (Phi) is 5.56. The quantitative estimate of drug-likeness (QED) is 0.860. The van der Waals surface area contributed by atoms with Crippen LogP contribution in [0.25, 0.3) is 0 Å². The molecule has 0 saturated heterocycles. The third kappa shape index (κ3) is 3.68. The molecule has 5 heteroatoms. The Labute approximate surface area is 114 Å². The Morgan fingerprint density at radius 2 is 2.11 bits per heavy atom. The lowest BCUT2D eigenvalue weighted by Gasteiger charge is -2.29. The minimum Gasteiger partial charge on any atom is -0.348 e. The molecule has 2 atom stereocenters. The maximum Gasteiger partial charge on any atom is 0.253 e. The third-order valence-corrected chi connectivity index (χ3v) is 3.27. The van der Waals surface area contributed by atoms with Crippen molar-refractivity contribution < 1.29 is 4.79 Å². The van der Waals surface area contributed by atoms with Crippen LogP contribution in [-0.4, -0.2) is 23.0 Å². The molecule has 0 unspecified atom stereocenters. The van der Waals surface area contributed by atoms with Gasteiger partial charge in [0.2, 0.25) is 0 Å². The van der Waals surface area contributed by atoms with Crippen molar-refractivity contribution in [3.8, 4) is 0 Å². The number of amides is 1. The van der Waals surface area contributed by atoms with Crippen LogP contribution in [0.4, 0.5) is 0 Å². The molecule has 1 aliphatic carbocycles. The van der Waals surface area contributed by atoms with Gasteiger partial charge in [-0.1, -0.05) is 12.8 Å². The van der Waals surface area contributed by atoms with E-state index in [4.69, 9.17) is 5.73 Å². The Morgan fingerprint density at radius 3 is 2.78 bits per heavy atom.